The van der Waals surface area contributed by atoms with Gasteiger partial charge in [-0.3, -0.25) is 4.90 Å². The normalized spacial score (nSPS) is 11.7. The summed E-state index contributed by atoms with van der Waals surface area (Å²) in [5, 5.41) is 9.81. The highest BCUT2D eigenvalue weighted by Crippen LogP contribution is 2.34. The van der Waals surface area contributed by atoms with Crippen molar-refractivity contribution in [1.82, 2.24) is 15.2 Å². The van der Waals surface area contributed by atoms with Gasteiger partial charge in [-0.1, -0.05) is 22.7 Å². The topological polar surface area (TPSA) is 102 Å². The number of imidazole rings is 1. The minimum Gasteiger partial charge on any atom is -0.307 e. The van der Waals surface area contributed by atoms with Crippen molar-refractivity contribution in [3.05, 3.63) is 34.1 Å². The van der Waals surface area contributed by atoms with E-state index >= 15 is 0 Å². The van der Waals surface area contributed by atoms with E-state index in [1.54, 1.807) is 18.2 Å². The van der Waals surface area contributed by atoms with E-state index in [1.165, 1.54) is 18.4 Å². The summed E-state index contributed by atoms with van der Waals surface area (Å²) in [7, 11) is 1.32. The third-order valence-electron chi connectivity index (χ3n) is 3.78. The van der Waals surface area contributed by atoms with E-state index in [0.29, 0.717) is 17.0 Å². The van der Waals surface area contributed by atoms with Crippen molar-refractivity contribution in [2.75, 3.05) is 17.3 Å². The number of benzene rings is 1. The molecule has 0 spiro atoms. The summed E-state index contributed by atoms with van der Waals surface area (Å²) in [5.41, 5.74) is 4.79. The van der Waals surface area contributed by atoms with Gasteiger partial charge in [0.25, 0.3) is 0 Å². The molecule has 0 aliphatic rings. The van der Waals surface area contributed by atoms with Crippen LogP contribution in [0.25, 0.3) is 22.6 Å². The number of urea groups is 1. The molecule has 3 heterocycles. The molecule has 0 saturated carbocycles. The molecule has 0 aliphatic heterocycles. The number of amides is 2. The number of carbonyl (C=O) groups is 1. The molecular weight excluding hydrogens is 415 g/mol. The largest absolute Gasteiger partial charge is 0.445 e. The summed E-state index contributed by atoms with van der Waals surface area (Å²) in [6.07, 6.45) is -4.60. The Hall–Kier alpha value is -3.06. The molecule has 0 saturated heterocycles. The van der Waals surface area contributed by atoms with E-state index in [0.717, 1.165) is 27.5 Å². The maximum Gasteiger partial charge on any atom is 0.445 e. The van der Waals surface area contributed by atoms with Gasteiger partial charge in [0.1, 0.15) is 0 Å². The SMILES string of the molecule is CN(C(=O)Nc1ccc2[nH+]c(-c3csc[nH+]3)[nH]c2c1)c1nnc(C(F)(F)F)s1. The predicted octanol–water partition coefficient (Wildman–Crippen LogP) is 3.06. The van der Waals surface area contributed by atoms with Crippen LogP contribution < -0.4 is 20.2 Å². The van der Waals surface area contributed by atoms with Gasteiger partial charge in [-0.05, 0) is 12.1 Å². The Morgan fingerprint density at radius 2 is 2.14 bits per heavy atom. The first-order valence-corrected chi connectivity index (χ1v) is 9.52. The monoisotopic (exact) mass is 427 g/mol. The second-order valence-corrected chi connectivity index (χ2v) is 7.39. The maximum atomic E-state index is 12.6. The van der Waals surface area contributed by atoms with Crippen LogP contribution in [0.4, 0.5) is 28.8 Å². The first-order valence-electron chi connectivity index (χ1n) is 7.76. The predicted molar refractivity (Wildman–Crippen MR) is 97.1 cm³/mol. The fourth-order valence-corrected chi connectivity index (χ4v) is 3.65. The molecule has 0 atom stereocenters. The Morgan fingerprint density at radius 1 is 1.32 bits per heavy atom. The van der Waals surface area contributed by atoms with E-state index in [4.69, 9.17) is 0 Å². The molecule has 144 valence electrons. The first kappa shape index (κ1) is 18.3. The number of H-pyrrole nitrogens is 3. The maximum absolute atomic E-state index is 12.6. The first-order chi connectivity index (χ1) is 13.3. The zero-order chi connectivity index (χ0) is 19.9. The molecule has 1 aromatic carbocycles. The highest BCUT2D eigenvalue weighted by molar-refractivity contribution is 7.15. The van der Waals surface area contributed by atoms with Crippen LogP contribution in [-0.4, -0.2) is 28.3 Å². The second kappa shape index (κ2) is 6.83. The Balaban J connectivity index is 1.52. The number of thiazole rings is 1. The molecule has 3 aromatic heterocycles. The minimum absolute atomic E-state index is 0.158. The molecule has 0 aliphatic carbocycles. The molecule has 8 nitrogen and oxygen atoms in total. The van der Waals surface area contributed by atoms with E-state index in [1.807, 2.05) is 10.9 Å². The van der Waals surface area contributed by atoms with Gasteiger partial charge in [0.2, 0.25) is 15.6 Å². The molecular formula is C15H12F3N7OS2+2. The van der Waals surface area contributed by atoms with Crippen LogP contribution >= 0.6 is 22.7 Å². The number of rotatable bonds is 3. The number of aromatic amines is 3. The number of aromatic nitrogens is 5. The third-order valence-corrected chi connectivity index (χ3v) is 5.45. The van der Waals surface area contributed by atoms with Crippen molar-refractivity contribution < 1.29 is 27.9 Å². The lowest BCUT2D eigenvalue weighted by Crippen LogP contribution is -2.31. The van der Waals surface area contributed by atoms with Crippen LogP contribution in [0.15, 0.2) is 29.1 Å². The number of halogens is 3. The Kier molecular flexibility index (Phi) is 4.47. The summed E-state index contributed by atoms with van der Waals surface area (Å²) >= 11 is 1.82. The summed E-state index contributed by atoms with van der Waals surface area (Å²) in [5.74, 6) is 0.783. The Bertz CT molecular complexity index is 1140. The average Bonchev–Trinajstić information content (AvgIpc) is 3.38. The van der Waals surface area contributed by atoms with Gasteiger partial charge in [-0.15, -0.1) is 10.2 Å². The second-order valence-electron chi connectivity index (χ2n) is 5.69. The molecule has 4 rings (SSSR count). The zero-order valence-electron chi connectivity index (χ0n) is 14.1. The van der Waals surface area contributed by atoms with Gasteiger partial charge >= 0.3 is 23.7 Å². The van der Waals surface area contributed by atoms with Gasteiger partial charge in [-0.2, -0.15) is 18.2 Å². The summed E-state index contributed by atoms with van der Waals surface area (Å²) in [6, 6.07) is 4.55. The molecule has 2 amide bonds. The van der Waals surface area contributed by atoms with E-state index in [9.17, 15) is 18.0 Å². The van der Waals surface area contributed by atoms with Crippen LogP contribution in [0.3, 0.4) is 0 Å². The standard InChI is InChI=1S/C15H10F3N7OS2/c1-25(14-24-23-12(28-14)15(16,17)18)13(26)20-7-2-3-8-9(4-7)22-11(21-8)10-5-27-6-19-10/h2-6H,1H3,(H,20,26)(H,21,22)/p+2. The van der Waals surface area contributed by atoms with Crippen molar-refractivity contribution in [2.45, 2.75) is 6.18 Å². The van der Waals surface area contributed by atoms with Gasteiger partial charge in [-0.25, -0.2) is 14.8 Å². The summed E-state index contributed by atoms with van der Waals surface area (Å²) in [6.45, 7) is 0. The number of fused-ring (bicyclic) bond motifs is 1. The average molecular weight is 427 g/mol. The summed E-state index contributed by atoms with van der Waals surface area (Å²) in [4.78, 5) is 22.8. The number of nitrogens with one attached hydrogen (secondary N) is 4. The number of carbonyl (C=O) groups excluding carboxylic acids is 1. The van der Waals surface area contributed by atoms with Crippen LogP contribution in [-0.2, 0) is 6.18 Å². The lowest BCUT2D eigenvalue weighted by Gasteiger charge is -2.14. The Morgan fingerprint density at radius 3 is 2.82 bits per heavy atom. The molecule has 13 heteroatoms. The molecule has 0 bridgehead atoms. The smallest absolute Gasteiger partial charge is 0.307 e. The highest BCUT2D eigenvalue weighted by atomic mass is 32.1. The fraction of sp³-hybridized carbons (Fsp3) is 0.133. The van der Waals surface area contributed by atoms with Crippen molar-refractivity contribution >= 4 is 50.6 Å². The number of alkyl halides is 3. The van der Waals surface area contributed by atoms with Crippen LogP contribution in [0.2, 0.25) is 0 Å². The third kappa shape index (κ3) is 3.53. The summed E-state index contributed by atoms with van der Waals surface area (Å²) < 4.78 is 37.9. The van der Waals surface area contributed by atoms with Crippen LogP contribution in [0, 0.1) is 0 Å². The Labute approximate surface area is 163 Å². The van der Waals surface area contributed by atoms with E-state index < -0.39 is 17.2 Å². The number of anilines is 2. The van der Waals surface area contributed by atoms with Crippen molar-refractivity contribution in [2.24, 2.45) is 0 Å². The molecule has 0 unspecified atom stereocenters. The zero-order valence-corrected chi connectivity index (χ0v) is 15.7. The molecule has 4 N–H and O–H groups in total. The highest BCUT2D eigenvalue weighted by Gasteiger charge is 2.36. The minimum atomic E-state index is -4.60. The lowest BCUT2D eigenvalue weighted by atomic mass is 10.3. The molecule has 0 radical (unpaired) electrons. The van der Waals surface area contributed by atoms with Gasteiger partial charge in [0.15, 0.2) is 11.0 Å². The van der Waals surface area contributed by atoms with E-state index in [-0.39, 0.29) is 5.13 Å². The molecule has 0 fully saturated rings. The molecule has 28 heavy (non-hydrogen) atoms. The quantitative estimate of drug-likeness (QED) is 0.525. The van der Waals surface area contributed by atoms with Crippen molar-refractivity contribution in [3.63, 3.8) is 0 Å². The van der Waals surface area contributed by atoms with Gasteiger partial charge in [0, 0.05) is 18.8 Å². The number of nitrogens with zero attached hydrogens (tertiary/aromatic N) is 3. The number of hydrogen-bond acceptors (Lipinski definition) is 5. The van der Waals surface area contributed by atoms with Crippen molar-refractivity contribution in [3.8, 4) is 11.5 Å². The van der Waals surface area contributed by atoms with Gasteiger partial charge < -0.3 is 5.32 Å². The number of hydrogen-bond donors (Lipinski definition) is 2. The fourth-order valence-electron chi connectivity index (χ4n) is 2.39. The van der Waals surface area contributed by atoms with Gasteiger partial charge in [0.05, 0.1) is 5.38 Å². The van der Waals surface area contributed by atoms with Crippen LogP contribution in [0.5, 0.6) is 0 Å². The van der Waals surface area contributed by atoms with Crippen molar-refractivity contribution in [1.29, 1.82) is 0 Å². The van der Waals surface area contributed by atoms with E-state index in [2.05, 4.69) is 30.5 Å². The van der Waals surface area contributed by atoms with Crippen LogP contribution in [0.1, 0.15) is 5.01 Å². The molecule has 4 aromatic rings. The lowest BCUT2D eigenvalue weighted by molar-refractivity contribution is -0.384.